The van der Waals surface area contributed by atoms with E-state index in [0.717, 1.165) is 16.7 Å². The highest BCUT2D eigenvalue weighted by atomic mass is 32.1. The number of nitrogens with one attached hydrogen (secondary N) is 3. The molecule has 3 aromatic rings. The Balaban J connectivity index is 1.56. The number of anilines is 1. The molecule has 1 aliphatic rings. The molecule has 0 saturated carbocycles. The smallest absolute Gasteiger partial charge is 0.434 e. The van der Waals surface area contributed by atoms with Gasteiger partial charge in [0.1, 0.15) is 22.5 Å². The van der Waals surface area contributed by atoms with E-state index in [1.807, 2.05) is 0 Å². The van der Waals surface area contributed by atoms with Gasteiger partial charge in [-0.15, -0.1) is 11.3 Å². The summed E-state index contributed by atoms with van der Waals surface area (Å²) in [4.78, 5) is 64.1. The molecule has 0 bridgehead atoms. The number of Topliss-reactive ketones (excluding diaryl/α,β-unsaturated/α-hetero) is 1. The summed E-state index contributed by atoms with van der Waals surface area (Å²) in [5.74, 6) is -1.08. The molecule has 1 aliphatic heterocycles. The van der Waals surface area contributed by atoms with Gasteiger partial charge in [-0.25, -0.2) is 19.6 Å². The lowest BCUT2D eigenvalue weighted by atomic mass is 10.0. The van der Waals surface area contributed by atoms with Crippen molar-refractivity contribution in [2.45, 2.75) is 45.5 Å². The number of ketones is 1. The summed E-state index contributed by atoms with van der Waals surface area (Å²) in [7, 11) is 0. The van der Waals surface area contributed by atoms with Gasteiger partial charge in [-0.05, 0) is 39.8 Å². The SMILES string of the molecule is CCNC(=O)Nc1cc(-c2nc(C(F)(F)F)cs2)c(-c2cncc(C(=O)CNC(=O)[C@@H]3COCCN3C(=O)OC(C)(C)C)c2)cn1. The normalized spacial score (nSPS) is 15.2. The van der Waals surface area contributed by atoms with Crippen molar-refractivity contribution in [2.75, 3.05) is 38.2 Å². The zero-order valence-electron chi connectivity index (χ0n) is 25.4. The van der Waals surface area contributed by atoms with Gasteiger partial charge in [-0.2, -0.15) is 13.2 Å². The van der Waals surface area contributed by atoms with Gasteiger partial charge in [0.2, 0.25) is 5.91 Å². The standard InChI is InChI=1S/C29H32F3N7O6S/c1-5-34-26(42)38-23-9-18(25-37-22(15-46-25)29(30,31)32)19(12-35-23)16-8-17(11-33-10-16)21(40)13-36-24(41)20-14-44-7-6-39(20)27(43)45-28(2,3)4/h8-12,15,20H,5-7,13-14H2,1-4H3,(H,36,41)(H2,34,35,38,42)/t20-/m0/s1. The molecule has 1 saturated heterocycles. The van der Waals surface area contributed by atoms with Crippen molar-refractivity contribution in [3.63, 3.8) is 0 Å². The second kappa shape index (κ2) is 14.2. The number of hydrogen-bond donors (Lipinski definition) is 3. The van der Waals surface area contributed by atoms with Crippen molar-refractivity contribution in [2.24, 2.45) is 0 Å². The van der Waals surface area contributed by atoms with Crippen LogP contribution in [0.15, 0.2) is 36.1 Å². The maximum Gasteiger partial charge on any atom is 0.434 e. The molecule has 0 aromatic carbocycles. The highest BCUT2D eigenvalue weighted by molar-refractivity contribution is 7.13. The van der Waals surface area contributed by atoms with Gasteiger partial charge < -0.3 is 20.1 Å². The van der Waals surface area contributed by atoms with Crippen LogP contribution in [0.4, 0.5) is 28.6 Å². The fourth-order valence-corrected chi connectivity index (χ4v) is 5.12. The van der Waals surface area contributed by atoms with Crippen LogP contribution in [-0.4, -0.2) is 88.2 Å². The lowest BCUT2D eigenvalue weighted by Gasteiger charge is -2.35. The van der Waals surface area contributed by atoms with Gasteiger partial charge >= 0.3 is 18.3 Å². The maximum absolute atomic E-state index is 13.3. The summed E-state index contributed by atoms with van der Waals surface area (Å²) in [6, 6.07) is 1.25. The lowest BCUT2D eigenvalue weighted by Crippen LogP contribution is -2.57. The van der Waals surface area contributed by atoms with Crippen molar-refractivity contribution in [3.8, 4) is 21.7 Å². The van der Waals surface area contributed by atoms with E-state index in [1.165, 1.54) is 35.6 Å². The average molecular weight is 664 g/mol. The summed E-state index contributed by atoms with van der Waals surface area (Å²) < 4.78 is 50.8. The third-order valence-electron chi connectivity index (χ3n) is 6.36. The number of halogens is 3. The number of amides is 4. The number of hydrogen-bond acceptors (Lipinski definition) is 10. The van der Waals surface area contributed by atoms with E-state index in [0.29, 0.717) is 17.7 Å². The maximum atomic E-state index is 13.3. The number of aromatic nitrogens is 3. The molecular weight excluding hydrogens is 631 g/mol. The fraction of sp³-hybridized carbons (Fsp3) is 0.414. The monoisotopic (exact) mass is 663 g/mol. The number of pyridine rings is 2. The van der Waals surface area contributed by atoms with Crippen LogP contribution >= 0.6 is 11.3 Å². The number of ether oxygens (including phenoxy) is 2. The number of carbonyl (C=O) groups excluding carboxylic acids is 4. The molecule has 1 atom stereocenters. The van der Waals surface area contributed by atoms with E-state index in [1.54, 1.807) is 27.7 Å². The number of thiazole rings is 1. The van der Waals surface area contributed by atoms with E-state index < -0.39 is 53.9 Å². The first-order chi connectivity index (χ1) is 21.7. The van der Waals surface area contributed by atoms with Crippen LogP contribution in [0, 0.1) is 0 Å². The molecule has 17 heteroatoms. The summed E-state index contributed by atoms with van der Waals surface area (Å²) in [6.07, 6.45) is -1.36. The number of carbonyl (C=O) groups is 4. The summed E-state index contributed by atoms with van der Waals surface area (Å²) >= 11 is 0.747. The minimum absolute atomic E-state index is 0.00286. The second-order valence-electron chi connectivity index (χ2n) is 11.0. The van der Waals surface area contributed by atoms with Crippen molar-refractivity contribution in [3.05, 3.63) is 47.4 Å². The van der Waals surface area contributed by atoms with Crippen LogP contribution in [-0.2, 0) is 20.4 Å². The summed E-state index contributed by atoms with van der Waals surface area (Å²) in [5.41, 5.74) is -0.943. The van der Waals surface area contributed by atoms with E-state index in [4.69, 9.17) is 9.47 Å². The molecule has 0 spiro atoms. The van der Waals surface area contributed by atoms with Crippen LogP contribution in [0.3, 0.4) is 0 Å². The van der Waals surface area contributed by atoms with Gasteiger partial charge in [-0.3, -0.25) is 24.8 Å². The molecule has 46 heavy (non-hydrogen) atoms. The van der Waals surface area contributed by atoms with E-state index in [-0.39, 0.29) is 41.7 Å². The Morgan fingerprint density at radius 3 is 2.52 bits per heavy atom. The summed E-state index contributed by atoms with van der Waals surface area (Å²) in [5, 5.41) is 8.45. The Kier molecular flexibility index (Phi) is 10.6. The van der Waals surface area contributed by atoms with Gasteiger partial charge in [-0.1, -0.05) is 0 Å². The molecular formula is C29H32F3N7O6S. The van der Waals surface area contributed by atoms with Gasteiger partial charge in [0, 0.05) is 59.3 Å². The van der Waals surface area contributed by atoms with Crippen LogP contribution < -0.4 is 16.0 Å². The number of alkyl halides is 3. The molecule has 246 valence electrons. The molecule has 1 fully saturated rings. The molecule has 4 rings (SSSR count). The van der Waals surface area contributed by atoms with Crippen molar-refractivity contribution in [1.82, 2.24) is 30.5 Å². The van der Waals surface area contributed by atoms with E-state index in [9.17, 15) is 32.3 Å². The molecule has 3 N–H and O–H groups in total. The van der Waals surface area contributed by atoms with Crippen molar-refractivity contribution in [1.29, 1.82) is 0 Å². The fourth-order valence-electron chi connectivity index (χ4n) is 4.27. The van der Waals surface area contributed by atoms with Crippen LogP contribution in [0.1, 0.15) is 43.7 Å². The Hall–Kier alpha value is -4.64. The zero-order chi connectivity index (χ0) is 33.6. The largest absolute Gasteiger partial charge is 0.444 e. The van der Waals surface area contributed by atoms with E-state index in [2.05, 4.69) is 30.9 Å². The highest BCUT2D eigenvalue weighted by Gasteiger charge is 2.36. The van der Waals surface area contributed by atoms with Gasteiger partial charge in [0.15, 0.2) is 11.5 Å². The van der Waals surface area contributed by atoms with Gasteiger partial charge in [0.25, 0.3) is 0 Å². The van der Waals surface area contributed by atoms with E-state index >= 15 is 0 Å². The second-order valence-corrected chi connectivity index (χ2v) is 11.9. The highest BCUT2D eigenvalue weighted by Crippen LogP contribution is 2.38. The third-order valence-corrected chi connectivity index (χ3v) is 7.24. The topological polar surface area (TPSA) is 165 Å². The molecule has 3 aromatic heterocycles. The number of nitrogens with zero attached hydrogens (tertiary/aromatic N) is 4. The Morgan fingerprint density at radius 2 is 1.85 bits per heavy atom. The Morgan fingerprint density at radius 1 is 1.09 bits per heavy atom. The third kappa shape index (κ3) is 8.75. The molecule has 13 nitrogen and oxygen atoms in total. The van der Waals surface area contributed by atoms with Crippen molar-refractivity contribution < 1.29 is 41.8 Å². The minimum Gasteiger partial charge on any atom is -0.444 e. The molecule has 0 unspecified atom stereocenters. The quantitative estimate of drug-likeness (QED) is 0.297. The zero-order valence-corrected chi connectivity index (χ0v) is 26.2. The summed E-state index contributed by atoms with van der Waals surface area (Å²) in [6.45, 7) is 6.99. The first kappa shape index (κ1) is 34.2. The minimum atomic E-state index is -4.67. The number of morpholine rings is 1. The number of rotatable bonds is 8. The van der Waals surface area contributed by atoms with Crippen LogP contribution in [0.25, 0.3) is 21.7 Å². The van der Waals surface area contributed by atoms with Crippen molar-refractivity contribution >= 4 is 41.0 Å². The number of urea groups is 1. The Labute approximate surface area is 265 Å². The van der Waals surface area contributed by atoms with Crippen LogP contribution in [0.5, 0.6) is 0 Å². The first-order valence-corrected chi connectivity index (χ1v) is 15.0. The molecule has 4 heterocycles. The predicted octanol–water partition coefficient (Wildman–Crippen LogP) is 4.36. The van der Waals surface area contributed by atoms with Crippen LogP contribution in [0.2, 0.25) is 0 Å². The molecule has 4 amide bonds. The molecule has 0 aliphatic carbocycles. The Bertz CT molecular complexity index is 1610. The van der Waals surface area contributed by atoms with Gasteiger partial charge in [0.05, 0.1) is 19.8 Å². The lowest BCUT2D eigenvalue weighted by molar-refractivity contribution is -0.140. The predicted molar refractivity (Wildman–Crippen MR) is 161 cm³/mol. The average Bonchev–Trinajstić information content (AvgIpc) is 3.50. The molecule has 0 radical (unpaired) electrons. The first-order valence-electron chi connectivity index (χ1n) is 14.1.